The second-order valence-corrected chi connectivity index (χ2v) is 5.11. The lowest BCUT2D eigenvalue weighted by molar-refractivity contribution is 0.0947. The summed E-state index contributed by atoms with van der Waals surface area (Å²) in [6.07, 6.45) is 3.58. The zero-order valence-corrected chi connectivity index (χ0v) is 12.5. The molecule has 4 N–H and O–H groups in total. The highest BCUT2D eigenvalue weighted by Crippen LogP contribution is 2.05. The molecule has 20 heavy (non-hydrogen) atoms. The van der Waals surface area contributed by atoms with Gasteiger partial charge in [0.25, 0.3) is 5.91 Å². The Morgan fingerprint density at radius 1 is 1.45 bits per heavy atom. The third kappa shape index (κ3) is 5.54. The Balaban J connectivity index is 2.26. The van der Waals surface area contributed by atoms with E-state index in [1.807, 2.05) is 0 Å². The van der Waals surface area contributed by atoms with Gasteiger partial charge in [-0.15, -0.1) is 0 Å². The van der Waals surface area contributed by atoms with Crippen LogP contribution in [0.15, 0.2) is 18.3 Å². The van der Waals surface area contributed by atoms with Crippen LogP contribution < -0.4 is 16.6 Å². The summed E-state index contributed by atoms with van der Waals surface area (Å²) in [5.74, 6) is 5.13. The Kier molecular flexibility index (Phi) is 6.97. The van der Waals surface area contributed by atoms with Crippen molar-refractivity contribution in [2.24, 2.45) is 5.84 Å². The Hall–Kier alpha value is -1.66. The predicted octanol–water partition coefficient (Wildman–Crippen LogP) is 1.22. The first kappa shape index (κ1) is 16.4. The molecule has 0 spiro atoms. The Bertz CT molecular complexity index is 422. The van der Waals surface area contributed by atoms with Gasteiger partial charge in [0.1, 0.15) is 5.69 Å². The highest BCUT2D eigenvalue weighted by atomic mass is 16.1. The summed E-state index contributed by atoms with van der Waals surface area (Å²) in [6.45, 7) is 6.04. The topological polar surface area (TPSA) is 83.3 Å². The summed E-state index contributed by atoms with van der Waals surface area (Å²) >= 11 is 0. The van der Waals surface area contributed by atoms with Crippen LogP contribution in [0.2, 0.25) is 0 Å². The van der Waals surface area contributed by atoms with Crippen molar-refractivity contribution in [2.75, 3.05) is 25.6 Å². The molecular formula is C14H25N5O. The minimum Gasteiger partial charge on any atom is -0.351 e. The van der Waals surface area contributed by atoms with Gasteiger partial charge in [0.2, 0.25) is 0 Å². The van der Waals surface area contributed by atoms with Crippen LogP contribution in [0.5, 0.6) is 0 Å². The fourth-order valence-electron chi connectivity index (χ4n) is 1.68. The lowest BCUT2D eigenvalue weighted by Crippen LogP contribution is -2.29. The highest BCUT2D eigenvalue weighted by molar-refractivity contribution is 5.93. The molecule has 0 aliphatic rings. The van der Waals surface area contributed by atoms with E-state index in [2.05, 4.69) is 41.5 Å². The largest absolute Gasteiger partial charge is 0.351 e. The van der Waals surface area contributed by atoms with E-state index in [0.717, 1.165) is 19.4 Å². The van der Waals surface area contributed by atoms with Crippen molar-refractivity contribution in [1.82, 2.24) is 15.2 Å². The number of aromatic nitrogens is 1. The molecule has 0 radical (unpaired) electrons. The van der Waals surface area contributed by atoms with Gasteiger partial charge in [-0.3, -0.25) is 15.6 Å². The van der Waals surface area contributed by atoms with Gasteiger partial charge in [0.15, 0.2) is 0 Å². The average molecular weight is 279 g/mol. The number of nitrogen functional groups attached to an aromatic ring is 1. The number of anilines is 1. The number of nitrogens with one attached hydrogen (secondary N) is 2. The number of carbonyl (C=O) groups excluding carboxylic acids is 1. The van der Waals surface area contributed by atoms with Gasteiger partial charge in [-0.1, -0.05) is 0 Å². The molecule has 1 aromatic heterocycles. The number of hydrazine groups is 1. The van der Waals surface area contributed by atoms with Crippen LogP contribution in [0.4, 0.5) is 5.69 Å². The van der Waals surface area contributed by atoms with Crippen LogP contribution in [-0.2, 0) is 0 Å². The molecule has 0 aliphatic carbocycles. The molecule has 0 unspecified atom stereocenters. The molecule has 6 nitrogen and oxygen atoms in total. The minimum absolute atomic E-state index is 0.167. The SMILES string of the molecule is CC(C)N(C)CCCCNC(=O)c1cc(NN)ccn1. The number of nitrogens with zero attached hydrogens (tertiary/aromatic N) is 2. The fourth-order valence-corrected chi connectivity index (χ4v) is 1.68. The Labute approximate surface area is 120 Å². The molecule has 0 bridgehead atoms. The van der Waals surface area contributed by atoms with Crippen LogP contribution >= 0.6 is 0 Å². The van der Waals surface area contributed by atoms with E-state index in [4.69, 9.17) is 5.84 Å². The van der Waals surface area contributed by atoms with E-state index >= 15 is 0 Å². The highest BCUT2D eigenvalue weighted by Gasteiger charge is 2.07. The second kappa shape index (κ2) is 8.50. The van der Waals surface area contributed by atoms with Gasteiger partial charge in [-0.2, -0.15) is 0 Å². The van der Waals surface area contributed by atoms with Crippen LogP contribution in [0, 0.1) is 0 Å². The smallest absolute Gasteiger partial charge is 0.269 e. The van der Waals surface area contributed by atoms with Crippen molar-refractivity contribution in [3.05, 3.63) is 24.0 Å². The number of unbranched alkanes of at least 4 members (excludes halogenated alkanes) is 1. The standard InChI is InChI=1S/C14H25N5O/c1-11(2)19(3)9-5-4-7-17-14(20)13-10-12(18-15)6-8-16-13/h6,8,10-11H,4-5,7,9,15H2,1-3H3,(H,16,18)(H,17,20). The Morgan fingerprint density at radius 2 is 2.20 bits per heavy atom. The van der Waals surface area contributed by atoms with Gasteiger partial charge in [0, 0.05) is 18.8 Å². The lowest BCUT2D eigenvalue weighted by Gasteiger charge is -2.20. The molecule has 1 heterocycles. The zero-order chi connectivity index (χ0) is 15.0. The Morgan fingerprint density at radius 3 is 2.85 bits per heavy atom. The quantitative estimate of drug-likeness (QED) is 0.378. The summed E-state index contributed by atoms with van der Waals surface area (Å²) < 4.78 is 0. The summed E-state index contributed by atoms with van der Waals surface area (Å²) in [7, 11) is 2.11. The monoisotopic (exact) mass is 279 g/mol. The first-order valence-electron chi connectivity index (χ1n) is 6.95. The van der Waals surface area contributed by atoms with Gasteiger partial charge in [0.05, 0.1) is 5.69 Å². The maximum Gasteiger partial charge on any atom is 0.269 e. The number of amides is 1. The van der Waals surface area contributed by atoms with E-state index < -0.39 is 0 Å². The van der Waals surface area contributed by atoms with Gasteiger partial charge < -0.3 is 15.6 Å². The van der Waals surface area contributed by atoms with Crippen LogP contribution in [0.1, 0.15) is 37.2 Å². The van der Waals surface area contributed by atoms with Crippen molar-refractivity contribution >= 4 is 11.6 Å². The second-order valence-electron chi connectivity index (χ2n) is 5.11. The number of nitrogens with two attached hydrogens (primary N) is 1. The molecule has 1 rings (SSSR count). The van der Waals surface area contributed by atoms with Gasteiger partial charge in [-0.05, 0) is 52.4 Å². The van der Waals surface area contributed by atoms with Crippen molar-refractivity contribution in [3.63, 3.8) is 0 Å². The first-order valence-corrected chi connectivity index (χ1v) is 6.95. The molecule has 1 amide bonds. The molecule has 112 valence electrons. The van der Waals surface area contributed by atoms with Crippen molar-refractivity contribution in [1.29, 1.82) is 0 Å². The number of hydrogen-bond donors (Lipinski definition) is 3. The van der Waals surface area contributed by atoms with Crippen molar-refractivity contribution < 1.29 is 4.79 Å². The molecule has 0 aromatic carbocycles. The molecule has 0 fully saturated rings. The van der Waals surface area contributed by atoms with E-state index in [0.29, 0.717) is 24.0 Å². The minimum atomic E-state index is -0.167. The maximum atomic E-state index is 11.9. The van der Waals surface area contributed by atoms with Gasteiger partial charge in [-0.25, -0.2) is 0 Å². The number of rotatable bonds is 8. The number of hydrogen-bond acceptors (Lipinski definition) is 5. The third-order valence-corrected chi connectivity index (χ3v) is 3.26. The van der Waals surface area contributed by atoms with E-state index in [-0.39, 0.29) is 5.91 Å². The van der Waals surface area contributed by atoms with Crippen LogP contribution in [-0.4, -0.2) is 42.0 Å². The zero-order valence-electron chi connectivity index (χ0n) is 12.5. The normalized spacial score (nSPS) is 10.9. The maximum absolute atomic E-state index is 11.9. The fraction of sp³-hybridized carbons (Fsp3) is 0.571. The molecule has 0 saturated carbocycles. The first-order chi connectivity index (χ1) is 9.54. The lowest BCUT2D eigenvalue weighted by atomic mass is 10.2. The summed E-state index contributed by atoms with van der Waals surface area (Å²) in [5, 5.41) is 2.86. The number of carbonyl (C=O) groups is 1. The number of pyridine rings is 1. The molecule has 0 atom stereocenters. The molecule has 6 heteroatoms. The van der Waals surface area contributed by atoms with Crippen molar-refractivity contribution in [3.8, 4) is 0 Å². The van der Waals surface area contributed by atoms with Crippen molar-refractivity contribution in [2.45, 2.75) is 32.7 Å². The third-order valence-electron chi connectivity index (χ3n) is 3.26. The summed E-state index contributed by atoms with van der Waals surface area (Å²) in [6, 6.07) is 3.89. The molecule has 1 aromatic rings. The van der Waals surface area contributed by atoms with Crippen LogP contribution in [0.25, 0.3) is 0 Å². The summed E-state index contributed by atoms with van der Waals surface area (Å²) in [5.41, 5.74) is 3.54. The average Bonchev–Trinajstić information content (AvgIpc) is 2.46. The van der Waals surface area contributed by atoms with E-state index in [1.54, 1.807) is 18.3 Å². The summed E-state index contributed by atoms with van der Waals surface area (Å²) in [4.78, 5) is 18.2. The van der Waals surface area contributed by atoms with E-state index in [9.17, 15) is 4.79 Å². The van der Waals surface area contributed by atoms with Crippen LogP contribution in [0.3, 0.4) is 0 Å². The van der Waals surface area contributed by atoms with E-state index in [1.165, 1.54) is 0 Å². The molecule has 0 saturated heterocycles. The molecular weight excluding hydrogens is 254 g/mol. The van der Waals surface area contributed by atoms with Gasteiger partial charge >= 0.3 is 0 Å². The molecule has 0 aliphatic heterocycles. The predicted molar refractivity (Wildman–Crippen MR) is 81.4 cm³/mol.